The highest BCUT2D eigenvalue weighted by Crippen LogP contribution is 2.35. The fourth-order valence-corrected chi connectivity index (χ4v) is 3.99. The van der Waals surface area contributed by atoms with E-state index < -0.39 is 34.4 Å². The van der Waals surface area contributed by atoms with Crippen molar-refractivity contribution in [3.05, 3.63) is 64.2 Å². The van der Waals surface area contributed by atoms with Crippen LogP contribution in [-0.4, -0.2) is 36.4 Å². The third kappa shape index (κ3) is 4.90. The Morgan fingerprint density at radius 1 is 1.23 bits per heavy atom. The van der Waals surface area contributed by atoms with Gasteiger partial charge in [0.2, 0.25) is 5.91 Å². The fraction of sp³-hybridized carbons (Fsp3) is 0.364. The third-order valence-electron chi connectivity index (χ3n) is 5.35. The minimum Gasteiger partial charge on any atom is -0.493 e. The van der Waals surface area contributed by atoms with Gasteiger partial charge in [-0.3, -0.25) is 9.59 Å². The fourth-order valence-electron chi connectivity index (χ4n) is 3.87. The van der Waals surface area contributed by atoms with Gasteiger partial charge in [-0.15, -0.1) is 0 Å². The van der Waals surface area contributed by atoms with E-state index in [0.717, 1.165) is 17.7 Å². The maximum atomic E-state index is 14.1. The van der Waals surface area contributed by atoms with Crippen LogP contribution in [0.5, 0.6) is 5.75 Å². The molecule has 2 N–H and O–H groups in total. The number of nitrogens with zero attached hydrogens (tertiary/aromatic N) is 1. The molecule has 2 aromatic rings. The van der Waals surface area contributed by atoms with Gasteiger partial charge in [-0.25, -0.2) is 8.78 Å². The van der Waals surface area contributed by atoms with Crippen molar-refractivity contribution < 1.29 is 23.1 Å². The van der Waals surface area contributed by atoms with E-state index in [1.807, 2.05) is 6.92 Å². The number of amides is 2. The summed E-state index contributed by atoms with van der Waals surface area (Å²) in [6.07, 6.45) is 1.13. The number of rotatable bonds is 6. The van der Waals surface area contributed by atoms with E-state index in [1.54, 1.807) is 18.2 Å². The zero-order valence-electron chi connectivity index (χ0n) is 16.6. The van der Waals surface area contributed by atoms with E-state index in [2.05, 4.69) is 0 Å². The molecule has 2 aromatic carbocycles. The van der Waals surface area contributed by atoms with Crippen LogP contribution in [0.1, 0.15) is 35.2 Å². The Labute approximate surface area is 178 Å². The average Bonchev–Trinajstić information content (AvgIpc) is 2.68. The zero-order chi connectivity index (χ0) is 21.9. The number of hydrogen-bond donors (Lipinski definition) is 1. The molecule has 0 bridgehead atoms. The first-order valence-electron chi connectivity index (χ1n) is 9.61. The number of halogens is 3. The van der Waals surface area contributed by atoms with Crippen molar-refractivity contribution in [1.29, 1.82) is 0 Å². The van der Waals surface area contributed by atoms with Gasteiger partial charge in [0.1, 0.15) is 22.9 Å². The topological polar surface area (TPSA) is 72.6 Å². The SMILES string of the molecule is Cc1cc(OCC2(CC(N)=O)CCCN(C(=O)c3c(F)cccc3F)C2)ccc1Cl. The van der Waals surface area contributed by atoms with Crippen LogP contribution in [0.2, 0.25) is 5.02 Å². The summed E-state index contributed by atoms with van der Waals surface area (Å²) in [6.45, 7) is 2.40. The number of benzene rings is 2. The molecular formula is C22H23ClF2N2O3. The molecule has 1 heterocycles. The number of carbonyl (C=O) groups excluding carboxylic acids is 2. The molecule has 0 aliphatic carbocycles. The quantitative estimate of drug-likeness (QED) is 0.740. The number of hydrogen-bond acceptors (Lipinski definition) is 3. The Kier molecular flexibility index (Phi) is 6.61. The Hall–Kier alpha value is -2.67. The molecule has 3 rings (SSSR count). The van der Waals surface area contributed by atoms with Gasteiger partial charge < -0.3 is 15.4 Å². The summed E-state index contributed by atoms with van der Waals surface area (Å²) in [5.74, 6) is -2.54. The molecule has 5 nitrogen and oxygen atoms in total. The van der Waals surface area contributed by atoms with Crippen molar-refractivity contribution in [2.45, 2.75) is 26.2 Å². The molecule has 0 saturated carbocycles. The van der Waals surface area contributed by atoms with Gasteiger partial charge >= 0.3 is 0 Å². The highest BCUT2D eigenvalue weighted by molar-refractivity contribution is 6.31. The van der Waals surface area contributed by atoms with Crippen molar-refractivity contribution in [2.24, 2.45) is 11.1 Å². The Bertz CT molecular complexity index is 949. The third-order valence-corrected chi connectivity index (χ3v) is 5.77. The average molecular weight is 437 g/mol. The van der Waals surface area contributed by atoms with Crippen molar-refractivity contribution in [2.75, 3.05) is 19.7 Å². The van der Waals surface area contributed by atoms with E-state index in [-0.39, 0.29) is 19.6 Å². The maximum absolute atomic E-state index is 14.1. The monoisotopic (exact) mass is 436 g/mol. The Balaban J connectivity index is 1.82. The summed E-state index contributed by atoms with van der Waals surface area (Å²) in [6, 6.07) is 8.50. The lowest BCUT2D eigenvalue weighted by Gasteiger charge is -2.42. The number of piperidine rings is 1. The summed E-state index contributed by atoms with van der Waals surface area (Å²) >= 11 is 6.04. The molecule has 8 heteroatoms. The van der Waals surface area contributed by atoms with Crippen LogP contribution >= 0.6 is 11.6 Å². The molecule has 1 unspecified atom stereocenters. The summed E-state index contributed by atoms with van der Waals surface area (Å²) < 4.78 is 34.1. The highest BCUT2D eigenvalue weighted by atomic mass is 35.5. The molecule has 30 heavy (non-hydrogen) atoms. The molecule has 1 aliphatic rings. The number of carbonyl (C=O) groups is 2. The van der Waals surface area contributed by atoms with E-state index in [1.165, 1.54) is 11.0 Å². The summed E-state index contributed by atoms with van der Waals surface area (Å²) in [5, 5.41) is 0.607. The zero-order valence-corrected chi connectivity index (χ0v) is 17.3. The smallest absolute Gasteiger partial charge is 0.259 e. The number of primary amides is 1. The minimum absolute atomic E-state index is 0.0108. The van der Waals surface area contributed by atoms with Gasteiger partial charge in [0, 0.05) is 29.9 Å². The lowest BCUT2D eigenvalue weighted by atomic mass is 9.77. The van der Waals surface area contributed by atoms with Gasteiger partial charge in [0.25, 0.3) is 5.91 Å². The second-order valence-corrected chi connectivity index (χ2v) is 8.18. The van der Waals surface area contributed by atoms with Gasteiger partial charge in [-0.05, 0) is 55.7 Å². The largest absolute Gasteiger partial charge is 0.493 e. The highest BCUT2D eigenvalue weighted by Gasteiger charge is 2.40. The normalized spacial score (nSPS) is 18.9. The minimum atomic E-state index is -0.918. The molecule has 1 saturated heterocycles. The van der Waals surface area contributed by atoms with Crippen molar-refractivity contribution in [3.8, 4) is 5.75 Å². The molecule has 0 spiro atoms. The summed E-state index contributed by atoms with van der Waals surface area (Å²) in [5.41, 5.74) is 4.96. The predicted molar refractivity (Wildman–Crippen MR) is 109 cm³/mol. The first-order chi connectivity index (χ1) is 14.2. The van der Waals surface area contributed by atoms with Crippen LogP contribution in [0.3, 0.4) is 0 Å². The van der Waals surface area contributed by atoms with Crippen LogP contribution in [-0.2, 0) is 4.79 Å². The van der Waals surface area contributed by atoms with Gasteiger partial charge in [-0.2, -0.15) is 0 Å². The molecule has 2 amide bonds. The number of likely N-dealkylation sites (tertiary alicyclic amines) is 1. The number of aryl methyl sites for hydroxylation is 1. The first kappa shape index (κ1) is 22.0. The lowest BCUT2D eigenvalue weighted by molar-refractivity contribution is -0.122. The molecule has 0 radical (unpaired) electrons. The number of ether oxygens (including phenoxy) is 1. The second-order valence-electron chi connectivity index (χ2n) is 7.77. The van der Waals surface area contributed by atoms with Crippen LogP contribution in [0.15, 0.2) is 36.4 Å². The van der Waals surface area contributed by atoms with Crippen molar-refractivity contribution in [1.82, 2.24) is 4.90 Å². The maximum Gasteiger partial charge on any atom is 0.259 e. The van der Waals surface area contributed by atoms with E-state index in [4.69, 9.17) is 22.1 Å². The van der Waals surface area contributed by atoms with E-state index >= 15 is 0 Å². The van der Waals surface area contributed by atoms with Crippen molar-refractivity contribution in [3.63, 3.8) is 0 Å². The Morgan fingerprint density at radius 3 is 2.57 bits per heavy atom. The first-order valence-corrected chi connectivity index (χ1v) is 9.99. The van der Waals surface area contributed by atoms with Crippen LogP contribution in [0, 0.1) is 24.0 Å². The molecule has 160 valence electrons. The van der Waals surface area contributed by atoms with Crippen LogP contribution in [0.4, 0.5) is 8.78 Å². The molecule has 1 aliphatic heterocycles. The lowest BCUT2D eigenvalue weighted by Crippen LogP contribution is -2.50. The van der Waals surface area contributed by atoms with Gasteiger partial charge in [0.05, 0.1) is 6.61 Å². The predicted octanol–water partition coefficient (Wildman–Crippen LogP) is 4.10. The molecule has 0 aromatic heterocycles. The van der Waals surface area contributed by atoms with Gasteiger partial charge in [-0.1, -0.05) is 17.7 Å². The van der Waals surface area contributed by atoms with Gasteiger partial charge in [0.15, 0.2) is 0 Å². The standard InChI is InChI=1S/C22H23ClF2N2O3/c1-14-10-15(6-7-16(14)23)30-13-22(11-19(26)28)8-3-9-27(12-22)21(29)20-17(24)4-2-5-18(20)25/h2,4-7,10H,3,8-9,11-13H2,1H3,(H2,26,28). The molecule has 1 fully saturated rings. The van der Waals surface area contributed by atoms with Crippen LogP contribution < -0.4 is 10.5 Å². The second kappa shape index (κ2) is 9.00. The van der Waals surface area contributed by atoms with E-state index in [0.29, 0.717) is 30.2 Å². The Morgan fingerprint density at radius 2 is 1.93 bits per heavy atom. The van der Waals surface area contributed by atoms with E-state index in [9.17, 15) is 18.4 Å². The number of nitrogens with two attached hydrogens (primary N) is 1. The van der Waals surface area contributed by atoms with Crippen LogP contribution in [0.25, 0.3) is 0 Å². The molecule has 1 atom stereocenters. The summed E-state index contributed by atoms with van der Waals surface area (Å²) in [7, 11) is 0. The van der Waals surface area contributed by atoms with Crippen molar-refractivity contribution >= 4 is 23.4 Å². The molecular weight excluding hydrogens is 414 g/mol. The summed E-state index contributed by atoms with van der Waals surface area (Å²) in [4.78, 5) is 26.0.